The fourth-order valence-electron chi connectivity index (χ4n) is 1.32. The van der Waals surface area contributed by atoms with Crippen LogP contribution in [0.2, 0.25) is 0 Å². The van der Waals surface area contributed by atoms with E-state index < -0.39 is 16.2 Å². The second kappa shape index (κ2) is 4.42. The van der Waals surface area contributed by atoms with Crippen LogP contribution in [0.3, 0.4) is 0 Å². The maximum absolute atomic E-state index is 11.6. The molecule has 2 rings (SSSR count). The number of ether oxygens (including phenoxy) is 1. The fraction of sp³-hybridized carbons (Fsp3) is 0.125. The molecular weight excluding hydrogens is 476 g/mol. The second-order valence-corrected chi connectivity index (χ2v) is 6.57. The van der Waals surface area contributed by atoms with Gasteiger partial charge in [-0.15, -0.1) is 0 Å². The van der Waals surface area contributed by atoms with Gasteiger partial charge in [0.25, 0.3) is 5.91 Å². The Balaban J connectivity index is 2.74. The van der Waals surface area contributed by atoms with Gasteiger partial charge in [0, 0.05) is 0 Å². The lowest BCUT2D eigenvalue weighted by Crippen LogP contribution is -2.39. The van der Waals surface area contributed by atoms with Gasteiger partial charge in [0.15, 0.2) is 5.75 Å². The van der Waals surface area contributed by atoms with E-state index in [-0.39, 0.29) is 11.3 Å². The Hall–Kier alpha value is -0.300. The Kier molecular flexibility index (Phi) is 3.42. The summed E-state index contributed by atoms with van der Waals surface area (Å²) in [6.07, 6.45) is 0. The van der Waals surface area contributed by atoms with Gasteiger partial charge in [0.2, 0.25) is 0 Å². The molecule has 1 heterocycles. The lowest BCUT2D eigenvalue weighted by atomic mass is 10.2. The van der Waals surface area contributed by atoms with E-state index in [0.717, 1.165) is 0 Å². The molecule has 1 aromatic rings. The van der Waals surface area contributed by atoms with Gasteiger partial charge in [-0.25, -0.2) is 4.72 Å². The number of halogens is 2. The molecule has 1 aromatic carbocycles. The van der Waals surface area contributed by atoms with Crippen LogP contribution in [0.15, 0.2) is 6.07 Å². The summed E-state index contributed by atoms with van der Waals surface area (Å²) in [5.74, 6) is -0.216. The fourth-order valence-corrected chi connectivity index (χ4v) is 4.47. The van der Waals surface area contributed by atoms with E-state index in [9.17, 15) is 13.2 Å². The topological polar surface area (TPSA) is 81.7 Å². The van der Waals surface area contributed by atoms with Crippen LogP contribution in [0.25, 0.3) is 0 Å². The van der Waals surface area contributed by atoms with Crippen LogP contribution in [0, 0.1) is 7.14 Å². The molecule has 0 saturated heterocycles. The predicted octanol–water partition coefficient (Wildman–Crippen LogP) is 1.27. The number of hydrogen-bond donors (Lipinski definition) is 1. The number of carbonyl (C=O) groups excluding carboxylic acids is 1. The SMILES string of the molecule is COc1c(I)cc2c(c1I)OS(=O)(=O)NC2=O. The number of nitrogens with one attached hydrogen (secondary N) is 1. The zero-order valence-corrected chi connectivity index (χ0v) is 13.4. The standard InChI is InChI=1S/C8H5I2NO5S/c1-15-7-4(9)2-3-6(5(7)10)16-17(13,14)11-8(3)12/h2H,1H3,(H,11,12). The summed E-state index contributed by atoms with van der Waals surface area (Å²) in [4.78, 5) is 11.6. The summed E-state index contributed by atoms with van der Waals surface area (Å²) in [6.45, 7) is 0. The summed E-state index contributed by atoms with van der Waals surface area (Å²) < 4.78 is 35.3. The maximum Gasteiger partial charge on any atom is 0.410 e. The van der Waals surface area contributed by atoms with Crippen LogP contribution in [0.1, 0.15) is 10.4 Å². The number of methoxy groups -OCH3 is 1. The molecule has 1 aliphatic heterocycles. The number of carbonyl (C=O) groups is 1. The first-order valence-electron chi connectivity index (χ1n) is 4.18. The molecule has 1 N–H and O–H groups in total. The van der Waals surface area contributed by atoms with Crippen LogP contribution < -0.4 is 13.6 Å². The van der Waals surface area contributed by atoms with E-state index in [1.54, 1.807) is 4.72 Å². The summed E-state index contributed by atoms with van der Waals surface area (Å²) in [7, 11) is -2.61. The number of benzene rings is 1. The largest absolute Gasteiger partial charge is 0.494 e. The van der Waals surface area contributed by atoms with E-state index >= 15 is 0 Å². The molecule has 0 bridgehead atoms. The van der Waals surface area contributed by atoms with Crippen molar-refractivity contribution >= 4 is 61.4 Å². The smallest absolute Gasteiger partial charge is 0.410 e. The van der Waals surface area contributed by atoms with E-state index in [2.05, 4.69) is 0 Å². The van der Waals surface area contributed by atoms with E-state index in [4.69, 9.17) is 8.92 Å². The molecule has 6 nitrogen and oxygen atoms in total. The molecule has 0 radical (unpaired) electrons. The minimum Gasteiger partial charge on any atom is -0.494 e. The van der Waals surface area contributed by atoms with Crippen molar-refractivity contribution in [2.45, 2.75) is 0 Å². The van der Waals surface area contributed by atoms with Crippen molar-refractivity contribution in [1.29, 1.82) is 0 Å². The van der Waals surface area contributed by atoms with Gasteiger partial charge in [-0.2, -0.15) is 8.42 Å². The first kappa shape index (κ1) is 13.1. The summed E-state index contributed by atoms with van der Waals surface area (Å²) in [5.41, 5.74) is 0.175. The molecule has 1 aliphatic rings. The van der Waals surface area contributed by atoms with Gasteiger partial charge < -0.3 is 8.92 Å². The van der Waals surface area contributed by atoms with Gasteiger partial charge in [-0.3, -0.25) is 4.79 Å². The zero-order chi connectivity index (χ0) is 12.8. The lowest BCUT2D eigenvalue weighted by Gasteiger charge is -2.20. The third-order valence-corrected chi connectivity index (χ3v) is 4.59. The highest BCUT2D eigenvalue weighted by molar-refractivity contribution is 14.1. The Bertz CT molecular complexity index is 613. The molecule has 0 fully saturated rings. The van der Waals surface area contributed by atoms with Gasteiger partial charge >= 0.3 is 10.3 Å². The van der Waals surface area contributed by atoms with Crippen molar-refractivity contribution in [2.75, 3.05) is 7.11 Å². The van der Waals surface area contributed by atoms with Gasteiger partial charge in [-0.1, -0.05) is 0 Å². The molecule has 17 heavy (non-hydrogen) atoms. The third-order valence-electron chi connectivity index (χ3n) is 1.99. The summed E-state index contributed by atoms with van der Waals surface area (Å²) in [6, 6.07) is 1.51. The average Bonchev–Trinajstić information content (AvgIpc) is 2.20. The Morgan fingerprint density at radius 2 is 2.06 bits per heavy atom. The van der Waals surface area contributed by atoms with Crippen LogP contribution in [-0.4, -0.2) is 21.4 Å². The summed E-state index contributed by atoms with van der Waals surface area (Å²) in [5, 5.41) is 0. The van der Waals surface area contributed by atoms with Crippen LogP contribution >= 0.6 is 45.2 Å². The third kappa shape index (κ3) is 2.31. The second-order valence-electron chi connectivity index (χ2n) is 3.05. The molecule has 0 saturated carbocycles. The lowest BCUT2D eigenvalue weighted by molar-refractivity contribution is 0.0970. The monoisotopic (exact) mass is 481 g/mol. The van der Waals surface area contributed by atoms with Crippen LogP contribution in [0.4, 0.5) is 0 Å². The maximum atomic E-state index is 11.6. The average molecular weight is 481 g/mol. The van der Waals surface area contributed by atoms with Crippen molar-refractivity contribution in [1.82, 2.24) is 4.72 Å². The molecule has 0 unspecified atom stereocenters. The molecule has 0 atom stereocenters. The zero-order valence-electron chi connectivity index (χ0n) is 8.28. The van der Waals surface area contributed by atoms with Crippen molar-refractivity contribution < 1.29 is 22.1 Å². The summed E-state index contributed by atoms with van der Waals surface area (Å²) >= 11 is 3.87. The Morgan fingerprint density at radius 3 is 2.65 bits per heavy atom. The van der Waals surface area contributed by atoms with Crippen LogP contribution in [0.5, 0.6) is 11.5 Å². The van der Waals surface area contributed by atoms with E-state index in [1.165, 1.54) is 13.2 Å². The first-order valence-corrected chi connectivity index (χ1v) is 7.75. The van der Waals surface area contributed by atoms with Crippen molar-refractivity contribution in [3.8, 4) is 11.5 Å². The van der Waals surface area contributed by atoms with E-state index in [1.807, 2.05) is 45.2 Å². The van der Waals surface area contributed by atoms with Crippen LogP contribution in [-0.2, 0) is 10.3 Å². The molecule has 0 aliphatic carbocycles. The molecule has 1 amide bonds. The van der Waals surface area contributed by atoms with Gasteiger partial charge in [-0.05, 0) is 51.2 Å². The Morgan fingerprint density at radius 1 is 1.41 bits per heavy atom. The molecule has 0 spiro atoms. The van der Waals surface area contributed by atoms with Gasteiger partial charge in [0.1, 0.15) is 9.32 Å². The van der Waals surface area contributed by atoms with Gasteiger partial charge in [0.05, 0.1) is 16.2 Å². The normalized spacial score (nSPS) is 16.8. The van der Waals surface area contributed by atoms with Crippen molar-refractivity contribution in [2.24, 2.45) is 0 Å². The quantitative estimate of drug-likeness (QED) is 0.612. The first-order chi connectivity index (χ1) is 7.85. The highest BCUT2D eigenvalue weighted by Gasteiger charge is 2.32. The molecule has 92 valence electrons. The minimum absolute atomic E-state index is 0.00613. The predicted molar refractivity (Wildman–Crippen MR) is 75.4 cm³/mol. The number of fused-ring (bicyclic) bond motifs is 1. The molecule has 0 aromatic heterocycles. The highest BCUT2D eigenvalue weighted by atomic mass is 127. The van der Waals surface area contributed by atoms with Crippen molar-refractivity contribution in [3.05, 3.63) is 18.8 Å². The number of amides is 1. The minimum atomic E-state index is -4.07. The highest BCUT2D eigenvalue weighted by Crippen LogP contribution is 2.39. The van der Waals surface area contributed by atoms with E-state index in [0.29, 0.717) is 12.9 Å². The molecule has 9 heteroatoms. The molecular formula is C8H5I2NO5S. The number of rotatable bonds is 1. The number of hydrogen-bond acceptors (Lipinski definition) is 5. The Labute approximate surface area is 125 Å². The van der Waals surface area contributed by atoms with Crippen molar-refractivity contribution in [3.63, 3.8) is 0 Å².